The summed E-state index contributed by atoms with van der Waals surface area (Å²) in [6, 6.07) is 0. The number of rotatable bonds is 4. The van der Waals surface area contributed by atoms with Crippen LogP contribution in [0.5, 0.6) is 0 Å². The molecule has 0 N–H and O–H groups in total. The topological polar surface area (TPSA) is 26.3 Å². The van der Waals surface area contributed by atoms with Crippen molar-refractivity contribution in [1.82, 2.24) is 0 Å². The maximum atomic E-state index is 11.6. The minimum absolute atomic E-state index is 0.0463. The smallest absolute Gasteiger partial charge is 0.308 e. The van der Waals surface area contributed by atoms with Crippen LogP contribution in [0.4, 0.5) is 0 Å². The molecule has 2 unspecified atom stereocenters. The molecule has 1 aliphatic rings. The summed E-state index contributed by atoms with van der Waals surface area (Å²) < 4.78 is 5.23. The predicted octanol–water partition coefficient (Wildman–Crippen LogP) is 3.16. The molecule has 1 rings (SSSR count). The van der Waals surface area contributed by atoms with Gasteiger partial charge in [-0.3, -0.25) is 4.79 Å². The molecule has 0 aromatic carbocycles. The maximum absolute atomic E-state index is 11.6. The van der Waals surface area contributed by atoms with Gasteiger partial charge in [-0.15, -0.1) is 0 Å². The molecule has 0 aromatic rings. The van der Waals surface area contributed by atoms with Crippen molar-refractivity contribution in [3.05, 3.63) is 0 Å². The first-order valence-electron chi connectivity index (χ1n) is 5.90. The second kappa shape index (κ2) is 6.05. The Bertz CT molecular complexity index is 177. The lowest BCUT2D eigenvalue weighted by molar-refractivity contribution is -0.150. The van der Waals surface area contributed by atoms with Crippen LogP contribution in [0.25, 0.3) is 0 Å². The van der Waals surface area contributed by atoms with Crippen LogP contribution in [-0.4, -0.2) is 12.6 Å². The number of carbonyl (C=O) groups excluding carboxylic acids is 1. The standard InChI is InChI=1S/C12H22O2/c1-3-4-8-14-12(13)11-7-5-6-10(2)9-11/h10-11H,3-9H2,1-2H3. The zero-order chi connectivity index (χ0) is 10.4. The van der Waals surface area contributed by atoms with E-state index < -0.39 is 0 Å². The summed E-state index contributed by atoms with van der Waals surface area (Å²) in [4.78, 5) is 11.6. The fraction of sp³-hybridized carbons (Fsp3) is 0.917. The zero-order valence-electron chi connectivity index (χ0n) is 9.42. The van der Waals surface area contributed by atoms with Crippen LogP contribution in [0.15, 0.2) is 0 Å². The fourth-order valence-corrected chi connectivity index (χ4v) is 2.08. The van der Waals surface area contributed by atoms with E-state index in [4.69, 9.17) is 4.74 Å². The van der Waals surface area contributed by atoms with E-state index in [1.165, 1.54) is 12.8 Å². The van der Waals surface area contributed by atoms with Gasteiger partial charge in [0.05, 0.1) is 12.5 Å². The zero-order valence-corrected chi connectivity index (χ0v) is 9.42. The molecule has 0 heterocycles. The average Bonchev–Trinajstić information content (AvgIpc) is 2.18. The molecule has 82 valence electrons. The lowest BCUT2D eigenvalue weighted by atomic mass is 9.82. The van der Waals surface area contributed by atoms with E-state index in [0.29, 0.717) is 12.5 Å². The summed E-state index contributed by atoms with van der Waals surface area (Å²) in [6.45, 7) is 4.95. The van der Waals surface area contributed by atoms with Crippen LogP contribution in [0.1, 0.15) is 52.4 Å². The summed E-state index contributed by atoms with van der Waals surface area (Å²) >= 11 is 0. The minimum Gasteiger partial charge on any atom is -0.465 e. The van der Waals surface area contributed by atoms with E-state index >= 15 is 0 Å². The van der Waals surface area contributed by atoms with E-state index in [1.54, 1.807) is 0 Å². The quantitative estimate of drug-likeness (QED) is 0.512. The van der Waals surface area contributed by atoms with Gasteiger partial charge in [-0.2, -0.15) is 0 Å². The first-order valence-corrected chi connectivity index (χ1v) is 5.90. The molecule has 0 spiro atoms. The number of hydrogen-bond donors (Lipinski definition) is 0. The lowest BCUT2D eigenvalue weighted by Crippen LogP contribution is -2.24. The maximum Gasteiger partial charge on any atom is 0.308 e. The molecule has 2 atom stereocenters. The Morgan fingerprint density at radius 3 is 2.86 bits per heavy atom. The van der Waals surface area contributed by atoms with Gasteiger partial charge in [0.25, 0.3) is 0 Å². The van der Waals surface area contributed by atoms with Gasteiger partial charge in [0, 0.05) is 0 Å². The predicted molar refractivity (Wildman–Crippen MR) is 57.0 cm³/mol. The third kappa shape index (κ3) is 3.69. The van der Waals surface area contributed by atoms with Crippen LogP contribution in [0, 0.1) is 11.8 Å². The molecule has 2 heteroatoms. The Morgan fingerprint density at radius 2 is 2.21 bits per heavy atom. The van der Waals surface area contributed by atoms with Crippen molar-refractivity contribution < 1.29 is 9.53 Å². The highest BCUT2D eigenvalue weighted by molar-refractivity contribution is 5.72. The van der Waals surface area contributed by atoms with E-state index in [2.05, 4.69) is 13.8 Å². The Morgan fingerprint density at radius 1 is 1.43 bits per heavy atom. The number of ether oxygens (including phenoxy) is 1. The first-order chi connectivity index (χ1) is 6.74. The molecule has 1 aliphatic carbocycles. The van der Waals surface area contributed by atoms with Crippen LogP contribution in [0.2, 0.25) is 0 Å². The van der Waals surface area contributed by atoms with Gasteiger partial charge in [-0.25, -0.2) is 0 Å². The first kappa shape index (κ1) is 11.5. The van der Waals surface area contributed by atoms with Crippen molar-refractivity contribution in [3.8, 4) is 0 Å². The van der Waals surface area contributed by atoms with Gasteiger partial charge in [0.15, 0.2) is 0 Å². The number of hydrogen-bond acceptors (Lipinski definition) is 2. The third-order valence-electron chi connectivity index (χ3n) is 3.01. The third-order valence-corrected chi connectivity index (χ3v) is 3.01. The second-order valence-corrected chi connectivity index (χ2v) is 4.49. The molecule has 0 aliphatic heterocycles. The van der Waals surface area contributed by atoms with Crippen molar-refractivity contribution in [2.75, 3.05) is 6.61 Å². The van der Waals surface area contributed by atoms with Crippen LogP contribution in [-0.2, 0) is 9.53 Å². The van der Waals surface area contributed by atoms with Gasteiger partial charge < -0.3 is 4.74 Å². The molecule has 0 bridgehead atoms. The fourth-order valence-electron chi connectivity index (χ4n) is 2.08. The summed E-state index contributed by atoms with van der Waals surface area (Å²) in [5, 5.41) is 0. The van der Waals surface area contributed by atoms with E-state index in [-0.39, 0.29) is 11.9 Å². The lowest BCUT2D eigenvalue weighted by Gasteiger charge is -2.24. The molecule has 1 fully saturated rings. The summed E-state index contributed by atoms with van der Waals surface area (Å²) in [6.07, 6.45) is 6.62. The molecule has 1 saturated carbocycles. The molecule has 0 amide bonds. The monoisotopic (exact) mass is 198 g/mol. The molecule has 0 radical (unpaired) electrons. The van der Waals surface area contributed by atoms with Crippen molar-refractivity contribution in [3.63, 3.8) is 0 Å². The van der Waals surface area contributed by atoms with E-state index in [1.807, 2.05) is 0 Å². The normalized spacial score (nSPS) is 27.3. The van der Waals surface area contributed by atoms with Crippen molar-refractivity contribution in [2.24, 2.45) is 11.8 Å². The van der Waals surface area contributed by atoms with Gasteiger partial charge >= 0.3 is 5.97 Å². The van der Waals surface area contributed by atoms with Gasteiger partial charge in [0.1, 0.15) is 0 Å². The second-order valence-electron chi connectivity index (χ2n) is 4.49. The Labute approximate surface area is 87.0 Å². The largest absolute Gasteiger partial charge is 0.465 e. The van der Waals surface area contributed by atoms with E-state index in [0.717, 1.165) is 25.7 Å². The Balaban J connectivity index is 2.22. The molecule has 2 nitrogen and oxygen atoms in total. The molecule has 0 saturated heterocycles. The van der Waals surface area contributed by atoms with Crippen molar-refractivity contribution >= 4 is 5.97 Å². The van der Waals surface area contributed by atoms with Gasteiger partial charge in [0.2, 0.25) is 0 Å². The Hall–Kier alpha value is -0.530. The highest BCUT2D eigenvalue weighted by Gasteiger charge is 2.25. The average molecular weight is 198 g/mol. The number of esters is 1. The minimum atomic E-state index is 0.0463. The van der Waals surface area contributed by atoms with Gasteiger partial charge in [-0.1, -0.05) is 33.1 Å². The Kier molecular flexibility index (Phi) is 4.99. The molecular weight excluding hydrogens is 176 g/mol. The summed E-state index contributed by atoms with van der Waals surface area (Å²) in [5.41, 5.74) is 0. The van der Waals surface area contributed by atoms with Crippen LogP contribution >= 0.6 is 0 Å². The van der Waals surface area contributed by atoms with Crippen molar-refractivity contribution in [2.45, 2.75) is 52.4 Å². The van der Waals surface area contributed by atoms with Crippen molar-refractivity contribution in [1.29, 1.82) is 0 Å². The van der Waals surface area contributed by atoms with Crippen LogP contribution in [0.3, 0.4) is 0 Å². The van der Waals surface area contributed by atoms with Crippen LogP contribution < -0.4 is 0 Å². The number of carbonyl (C=O) groups is 1. The summed E-state index contributed by atoms with van der Waals surface area (Å²) in [5.74, 6) is 0.938. The molecule has 14 heavy (non-hydrogen) atoms. The van der Waals surface area contributed by atoms with Gasteiger partial charge in [-0.05, 0) is 25.2 Å². The summed E-state index contributed by atoms with van der Waals surface area (Å²) in [7, 11) is 0. The van der Waals surface area contributed by atoms with E-state index in [9.17, 15) is 4.79 Å². The highest BCUT2D eigenvalue weighted by Crippen LogP contribution is 2.29. The highest BCUT2D eigenvalue weighted by atomic mass is 16.5. The number of unbranched alkanes of at least 4 members (excludes halogenated alkanes) is 1. The molecular formula is C12H22O2. The SMILES string of the molecule is CCCCOC(=O)C1CCCC(C)C1. The molecule has 0 aromatic heterocycles.